The van der Waals surface area contributed by atoms with Gasteiger partial charge in [-0.15, -0.1) is 0 Å². The molecule has 0 N–H and O–H groups in total. The zero-order chi connectivity index (χ0) is 16.9. The summed E-state index contributed by atoms with van der Waals surface area (Å²) >= 11 is 5.92. The predicted octanol–water partition coefficient (Wildman–Crippen LogP) is 5.15. The molecule has 2 aromatic rings. The Kier molecular flexibility index (Phi) is 5.80. The van der Waals surface area contributed by atoms with Crippen molar-refractivity contribution in [2.75, 3.05) is 0 Å². The second kappa shape index (κ2) is 8.04. The summed E-state index contributed by atoms with van der Waals surface area (Å²) in [4.78, 5) is 8.05. The molecule has 1 fully saturated rings. The van der Waals surface area contributed by atoms with Gasteiger partial charge in [-0.1, -0.05) is 41.4 Å². The van der Waals surface area contributed by atoms with Gasteiger partial charge in [0, 0.05) is 5.69 Å². The van der Waals surface area contributed by atoms with Gasteiger partial charge in [0.05, 0.1) is 12.2 Å². The van der Waals surface area contributed by atoms with Gasteiger partial charge < -0.3 is 4.74 Å². The monoisotopic (exact) mass is 348 g/mol. The van der Waals surface area contributed by atoms with Crippen molar-refractivity contribution in [2.45, 2.75) is 57.9 Å². The molecule has 1 aromatic heterocycles. The first kappa shape index (κ1) is 17.3. The summed E-state index contributed by atoms with van der Waals surface area (Å²) in [5.41, 5.74) is 3.29. The Bertz CT molecular complexity index is 678. The highest BCUT2D eigenvalue weighted by atomic mass is 35.5. The van der Waals surface area contributed by atoms with Crippen LogP contribution < -0.4 is 0 Å². The predicted molar refractivity (Wildman–Crippen MR) is 92.8 cm³/mol. The molecular weight excluding hydrogens is 327 g/mol. The molecule has 2 heterocycles. The maximum Gasteiger partial charge on any atom is 0.161 e. The van der Waals surface area contributed by atoms with Gasteiger partial charge in [-0.25, -0.2) is 14.4 Å². The molecule has 0 unspecified atom stereocenters. The van der Waals surface area contributed by atoms with E-state index in [1.165, 1.54) is 11.1 Å². The van der Waals surface area contributed by atoms with Gasteiger partial charge in [-0.2, -0.15) is 0 Å². The molecule has 1 aliphatic heterocycles. The van der Waals surface area contributed by atoms with Crippen LogP contribution in [0.5, 0.6) is 0 Å². The quantitative estimate of drug-likeness (QED) is 0.701. The number of halogens is 2. The Morgan fingerprint density at radius 2 is 2.00 bits per heavy atom. The van der Waals surface area contributed by atoms with E-state index < -0.39 is 6.67 Å². The van der Waals surface area contributed by atoms with Crippen LogP contribution >= 0.6 is 11.6 Å². The lowest BCUT2D eigenvalue weighted by molar-refractivity contribution is -0.0547. The number of aryl methyl sites for hydroxylation is 2. The van der Waals surface area contributed by atoms with Crippen molar-refractivity contribution in [2.24, 2.45) is 0 Å². The third kappa shape index (κ3) is 4.52. The highest BCUT2D eigenvalue weighted by Gasteiger charge is 2.23. The fourth-order valence-electron chi connectivity index (χ4n) is 3.15. The van der Waals surface area contributed by atoms with Gasteiger partial charge in [0.2, 0.25) is 0 Å². The molecule has 0 bridgehead atoms. The molecule has 0 spiro atoms. The summed E-state index contributed by atoms with van der Waals surface area (Å²) in [7, 11) is 0. The Labute approximate surface area is 147 Å². The SMILES string of the molecule is Cc1ccc([C@@H]2CCC[C@H](CCc3cc(Cl)nc(CF)n3)O2)cc1. The first-order valence-electron chi connectivity index (χ1n) is 8.44. The molecule has 0 radical (unpaired) electrons. The van der Waals surface area contributed by atoms with Crippen LogP contribution in [0.25, 0.3) is 0 Å². The van der Waals surface area contributed by atoms with Crippen LogP contribution in [-0.2, 0) is 17.8 Å². The minimum Gasteiger partial charge on any atom is -0.370 e. The Balaban J connectivity index is 1.59. The maximum absolute atomic E-state index is 12.7. The summed E-state index contributed by atoms with van der Waals surface area (Å²) in [6.45, 7) is 1.40. The number of rotatable bonds is 5. The Hall–Kier alpha value is -1.52. The van der Waals surface area contributed by atoms with Crippen LogP contribution in [0.2, 0.25) is 5.15 Å². The molecule has 3 rings (SSSR count). The topological polar surface area (TPSA) is 35.0 Å². The molecule has 2 atom stereocenters. The first-order chi connectivity index (χ1) is 11.6. The molecule has 5 heteroatoms. The van der Waals surface area contributed by atoms with E-state index in [1.54, 1.807) is 6.07 Å². The molecule has 1 saturated heterocycles. The largest absolute Gasteiger partial charge is 0.370 e. The summed E-state index contributed by atoms with van der Waals surface area (Å²) in [5.74, 6) is 0.152. The Morgan fingerprint density at radius 3 is 2.75 bits per heavy atom. The van der Waals surface area contributed by atoms with Gasteiger partial charge in [-0.05, 0) is 50.7 Å². The lowest BCUT2D eigenvalue weighted by Crippen LogP contribution is -2.23. The van der Waals surface area contributed by atoms with Crippen molar-refractivity contribution in [1.82, 2.24) is 9.97 Å². The number of alkyl halides is 1. The lowest BCUT2D eigenvalue weighted by Gasteiger charge is -2.30. The van der Waals surface area contributed by atoms with Crippen LogP contribution in [0.3, 0.4) is 0 Å². The summed E-state index contributed by atoms with van der Waals surface area (Å²) in [6, 6.07) is 10.3. The number of hydrogen-bond donors (Lipinski definition) is 0. The van der Waals surface area contributed by atoms with E-state index in [0.29, 0.717) is 5.15 Å². The molecule has 3 nitrogen and oxygen atoms in total. The minimum absolute atomic E-state index is 0.152. The number of benzene rings is 1. The fraction of sp³-hybridized carbons (Fsp3) is 0.474. The maximum atomic E-state index is 12.7. The molecule has 1 aromatic carbocycles. The fourth-order valence-corrected chi connectivity index (χ4v) is 3.37. The van der Waals surface area contributed by atoms with Crippen LogP contribution in [-0.4, -0.2) is 16.1 Å². The van der Waals surface area contributed by atoms with Crippen molar-refractivity contribution >= 4 is 11.6 Å². The number of hydrogen-bond acceptors (Lipinski definition) is 3. The van der Waals surface area contributed by atoms with Crippen LogP contribution in [0.4, 0.5) is 4.39 Å². The molecular formula is C19H22ClFN2O. The van der Waals surface area contributed by atoms with Crippen molar-refractivity contribution in [3.05, 3.63) is 58.1 Å². The second-order valence-corrected chi connectivity index (χ2v) is 6.75. The van der Waals surface area contributed by atoms with Gasteiger partial charge in [0.15, 0.2) is 5.82 Å². The van der Waals surface area contributed by atoms with Crippen LogP contribution in [0.15, 0.2) is 30.3 Å². The summed E-state index contributed by atoms with van der Waals surface area (Å²) < 4.78 is 19.0. The first-order valence-corrected chi connectivity index (χ1v) is 8.82. The van der Waals surface area contributed by atoms with E-state index >= 15 is 0 Å². The van der Waals surface area contributed by atoms with E-state index in [-0.39, 0.29) is 18.0 Å². The van der Waals surface area contributed by atoms with Gasteiger partial charge in [0.1, 0.15) is 11.8 Å². The molecule has 0 aliphatic carbocycles. The van der Waals surface area contributed by atoms with Gasteiger partial charge in [0.25, 0.3) is 0 Å². The molecule has 0 amide bonds. The minimum atomic E-state index is -0.691. The highest BCUT2D eigenvalue weighted by Crippen LogP contribution is 2.32. The summed E-state index contributed by atoms with van der Waals surface area (Å²) in [6.07, 6.45) is 5.22. The van der Waals surface area contributed by atoms with Gasteiger partial charge >= 0.3 is 0 Å². The average Bonchev–Trinajstić information content (AvgIpc) is 2.60. The lowest BCUT2D eigenvalue weighted by atomic mass is 9.95. The molecule has 24 heavy (non-hydrogen) atoms. The van der Waals surface area contributed by atoms with Crippen molar-refractivity contribution in [3.8, 4) is 0 Å². The van der Waals surface area contributed by atoms with E-state index in [1.807, 2.05) is 0 Å². The van der Waals surface area contributed by atoms with E-state index in [4.69, 9.17) is 16.3 Å². The zero-order valence-electron chi connectivity index (χ0n) is 13.8. The van der Waals surface area contributed by atoms with E-state index in [2.05, 4.69) is 41.2 Å². The zero-order valence-corrected chi connectivity index (χ0v) is 14.6. The van der Waals surface area contributed by atoms with E-state index in [0.717, 1.165) is 37.8 Å². The van der Waals surface area contributed by atoms with Crippen molar-refractivity contribution in [1.29, 1.82) is 0 Å². The third-order valence-electron chi connectivity index (χ3n) is 4.43. The third-order valence-corrected chi connectivity index (χ3v) is 4.63. The summed E-state index contributed by atoms with van der Waals surface area (Å²) in [5, 5.41) is 0.301. The number of aromatic nitrogens is 2. The van der Waals surface area contributed by atoms with Crippen molar-refractivity contribution < 1.29 is 9.13 Å². The van der Waals surface area contributed by atoms with Crippen molar-refractivity contribution in [3.63, 3.8) is 0 Å². The van der Waals surface area contributed by atoms with Crippen LogP contribution in [0.1, 0.15) is 54.4 Å². The molecule has 128 valence electrons. The number of ether oxygens (including phenoxy) is 1. The highest BCUT2D eigenvalue weighted by molar-refractivity contribution is 6.29. The Morgan fingerprint density at radius 1 is 1.21 bits per heavy atom. The standard InChI is InChI=1S/C19H22ClFN2O/c1-13-5-7-14(8-6-13)17-4-2-3-16(24-17)10-9-15-11-18(20)23-19(12-21)22-15/h5-8,11,16-17H,2-4,9-10,12H2,1H3/t16-,17+/m1/s1. The smallest absolute Gasteiger partial charge is 0.161 e. The van der Waals surface area contributed by atoms with Gasteiger partial charge in [-0.3, -0.25) is 0 Å². The number of nitrogens with zero attached hydrogens (tertiary/aromatic N) is 2. The average molecular weight is 349 g/mol. The molecule has 0 saturated carbocycles. The molecule has 1 aliphatic rings. The van der Waals surface area contributed by atoms with E-state index in [9.17, 15) is 4.39 Å². The second-order valence-electron chi connectivity index (χ2n) is 6.36. The normalized spacial score (nSPS) is 21.0. The van der Waals surface area contributed by atoms with Crippen LogP contribution in [0, 0.1) is 6.92 Å².